The number of likely N-dealkylation sites (tertiary alicyclic amines) is 1. The molecule has 1 amide bonds. The van der Waals surface area contributed by atoms with Gasteiger partial charge in [-0.25, -0.2) is 0 Å². The average Bonchev–Trinajstić information content (AvgIpc) is 3.13. The van der Waals surface area contributed by atoms with Gasteiger partial charge in [-0.05, 0) is 31.1 Å². The molecule has 1 saturated heterocycles. The van der Waals surface area contributed by atoms with Gasteiger partial charge in [0.15, 0.2) is 0 Å². The highest BCUT2D eigenvalue weighted by Crippen LogP contribution is 2.21. The minimum absolute atomic E-state index is 0.0341. The molecule has 1 fully saturated rings. The topological polar surface area (TPSA) is 69.2 Å². The van der Waals surface area contributed by atoms with Crippen molar-refractivity contribution in [3.05, 3.63) is 59.4 Å². The van der Waals surface area contributed by atoms with E-state index < -0.39 is 6.10 Å². The van der Waals surface area contributed by atoms with E-state index in [-0.39, 0.29) is 11.8 Å². The molecule has 0 aliphatic carbocycles. The van der Waals surface area contributed by atoms with E-state index >= 15 is 0 Å². The Bertz CT molecular complexity index is 693. The lowest BCUT2D eigenvalue weighted by Crippen LogP contribution is -2.27. The molecule has 23 heavy (non-hydrogen) atoms. The largest absolute Gasteiger partial charge is 0.391 e. The molecule has 1 aromatic carbocycles. The highest BCUT2D eigenvalue weighted by molar-refractivity contribution is 5.92. The van der Waals surface area contributed by atoms with Gasteiger partial charge in [0, 0.05) is 30.8 Å². The highest BCUT2D eigenvalue weighted by atomic mass is 16.3. The second kappa shape index (κ2) is 6.79. The summed E-state index contributed by atoms with van der Waals surface area (Å²) in [5.74, 6) is -0.0274. The van der Waals surface area contributed by atoms with Crippen molar-refractivity contribution < 1.29 is 9.90 Å². The van der Waals surface area contributed by atoms with E-state index in [1.807, 2.05) is 43.3 Å². The number of aromatic amines is 1. The Hall–Kier alpha value is -2.40. The number of nitrogens with zero attached hydrogens (tertiary/aromatic N) is 2. The molecule has 3 rings (SSSR count). The van der Waals surface area contributed by atoms with E-state index in [0.717, 1.165) is 17.0 Å². The molecular formula is C18H21N3O2. The molecule has 1 aliphatic rings. The standard InChI is InChI=1S/C18H21N3O2/c1-13-9-16(20-19-13)10-15-11-21(12-17(15)22)18(23)8-7-14-5-3-2-4-6-14/h2-9,15,17,22H,10-12H2,1H3,(H,19,20)/t15-,17-/m1/s1. The number of nitrogens with one attached hydrogen (secondary N) is 1. The molecule has 0 saturated carbocycles. The van der Waals surface area contributed by atoms with Gasteiger partial charge < -0.3 is 10.0 Å². The zero-order chi connectivity index (χ0) is 16.2. The van der Waals surface area contributed by atoms with Crippen LogP contribution in [0.15, 0.2) is 42.5 Å². The van der Waals surface area contributed by atoms with Crippen LogP contribution in [0.1, 0.15) is 17.0 Å². The van der Waals surface area contributed by atoms with Crippen molar-refractivity contribution in [2.75, 3.05) is 13.1 Å². The first-order valence-corrected chi connectivity index (χ1v) is 7.83. The molecule has 5 nitrogen and oxygen atoms in total. The SMILES string of the molecule is Cc1cc(C[C@@H]2CN(C(=O)C=Cc3ccccc3)C[C@H]2O)n[nH]1. The molecular weight excluding hydrogens is 290 g/mol. The maximum Gasteiger partial charge on any atom is 0.246 e. The van der Waals surface area contributed by atoms with Gasteiger partial charge >= 0.3 is 0 Å². The lowest BCUT2D eigenvalue weighted by atomic mass is 10.0. The van der Waals surface area contributed by atoms with Crippen molar-refractivity contribution in [2.24, 2.45) is 5.92 Å². The second-order valence-corrected chi connectivity index (χ2v) is 6.06. The molecule has 0 bridgehead atoms. The number of aliphatic hydroxyl groups is 1. The number of hydrogen-bond acceptors (Lipinski definition) is 3. The number of H-pyrrole nitrogens is 1. The predicted octanol–water partition coefficient (Wildman–Crippen LogP) is 1.79. The molecule has 1 aliphatic heterocycles. The van der Waals surface area contributed by atoms with Gasteiger partial charge in [0.1, 0.15) is 0 Å². The molecule has 2 aromatic rings. The lowest BCUT2D eigenvalue weighted by molar-refractivity contribution is -0.125. The van der Waals surface area contributed by atoms with Crippen LogP contribution in [0.25, 0.3) is 6.08 Å². The van der Waals surface area contributed by atoms with E-state index in [2.05, 4.69) is 10.2 Å². The van der Waals surface area contributed by atoms with Gasteiger partial charge in [-0.15, -0.1) is 0 Å². The van der Waals surface area contributed by atoms with Gasteiger partial charge in [-0.2, -0.15) is 5.10 Å². The summed E-state index contributed by atoms with van der Waals surface area (Å²) in [6.07, 6.45) is 3.56. The molecule has 2 heterocycles. The van der Waals surface area contributed by atoms with Crippen LogP contribution in [0.3, 0.4) is 0 Å². The van der Waals surface area contributed by atoms with Crippen LogP contribution in [0.2, 0.25) is 0 Å². The van der Waals surface area contributed by atoms with E-state index in [1.165, 1.54) is 0 Å². The Labute approximate surface area is 135 Å². The summed E-state index contributed by atoms with van der Waals surface area (Å²) in [4.78, 5) is 14.0. The van der Waals surface area contributed by atoms with Gasteiger partial charge in [0.25, 0.3) is 0 Å². The zero-order valence-corrected chi connectivity index (χ0v) is 13.1. The number of aryl methyl sites for hydroxylation is 1. The Morgan fingerprint density at radius 2 is 2.17 bits per heavy atom. The fourth-order valence-corrected chi connectivity index (χ4v) is 2.92. The first-order chi connectivity index (χ1) is 11.1. The third-order valence-corrected chi connectivity index (χ3v) is 4.17. The minimum Gasteiger partial charge on any atom is -0.391 e. The number of aliphatic hydroxyl groups excluding tert-OH is 1. The van der Waals surface area contributed by atoms with E-state index in [4.69, 9.17) is 0 Å². The fourth-order valence-electron chi connectivity index (χ4n) is 2.92. The van der Waals surface area contributed by atoms with Crippen LogP contribution in [-0.4, -0.2) is 45.3 Å². The van der Waals surface area contributed by atoms with Crippen molar-refractivity contribution in [1.29, 1.82) is 0 Å². The Morgan fingerprint density at radius 3 is 2.87 bits per heavy atom. The first-order valence-electron chi connectivity index (χ1n) is 7.83. The van der Waals surface area contributed by atoms with Crippen LogP contribution >= 0.6 is 0 Å². The normalized spacial score (nSPS) is 21.2. The van der Waals surface area contributed by atoms with Gasteiger partial charge in [-0.1, -0.05) is 30.3 Å². The summed E-state index contributed by atoms with van der Waals surface area (Å²) in [7, 11) is 0. The highest BCUT2D eigenvalue weighted by Gasteiger charge is 2.33. The molecule has 0 unspecified atom stereocenters. The summed E-state index contributed by atoms with van der Waals surface area (Å²) in [5.41, 5.74) is 2.93. The van der Waals surface area contributed by atoms with Gasteiger partial charge in [0.2, 0.25) is 5.91 Å². The number of rotatable bonds is 4. The van der Waals surface area contributed by atoms with Gasteiger partial charge in [0.05, 0.1) is 11.8 Å². The van der Waals surface area contributed by atoms with E-state index in [0.29, 0.717) is 19.5 Å². The van der Waals surface area contributed by atoms with Crippen LogP contribution < -0.4 is 0 Å². The number of carbonyl (C=O) groups excluding carboxylic acids is 1. The average molecular weight is 311 g/mol. The number of aromatic nitrogens is 2. The molecule has 2 N–H and O–H groups in total. The third-order valence-electron chi connectivity index (χ3n) is 4.17. The van der Waals surface area contributed by atoms with Crippen molar-refractivity contribution >= 4 is 12.0 Å². The number of benzene rings is 1. The Morgan fingerprint density at radius 1 is 1.39 bits per heavy atom. The van der Waals surface area contributed by atoms with Crippen LogP contribution in [0.5, 0.6) is 0 Å². The minimum atomic E-state index is -0.499. The van der Waals surface area contributed by atoms with Crippen LogP contribution in [-0.2, 0) is 11.2 Å². The second-order valence-electron chi connectivity index (χ2n) is 6.06. The number of carbonyl (C=O) groups is 1. The van der Waals surface area contributed by atoms with Crippen LogP contribution in [0.4, 0.5) is 0 Å². The summed E-state index contributed by atoms with van der Waals surface area (Å²) >= 11 is 0. The van der Waals surface area contributed by atoms with E-state index in [9.17, 15) is 9.90 Å². The molecule has 5 heteroatoms. The summed E-state index contributed by atoms with van der Waals surface area (Å²) in [6.45, 7) is 2.89. The first kappa shape index (κ1) is 15.5. The molecule has 120 valence electrons. The van der Waals surface area contributed by atoms with E-state index in [1.54, 1.807) is 17.1 Å². The van der Waals surface area contributed by atoms with Gasteiger partial charge in [-0.3, -0.25) is 9.89 Å². The van der Waals surface area contributed by atoms with Crippen molar-refractivity contribution in [3.63, 3.8) is 0 Å². The number of amides is 1. The smallest absolute Gasteiger partial charge is 0.246 e. The predicted molar refractivity (Wildman–Crippen MR) is 88.6 cm³/mol. The molecule has 1 aromatic heterocycles. The van der Waals surface area contributed by atoms with Crippen molar-refractivity contribution in [3.8, 4) is 0 Å². The lowest BCUT2D eigenvalue weighted by Gasteiger charge is -2.13. The van der Waals surface area contributed by atoms with Crippen molar-refractivity contribution in [2.45, 2.75) is 19.4 Å². The molecule has 2 atom stereocenters. The zero-order valence-electron chi connectivity index (χ0n) is 13.1. The molecule has 0 spiro atoms. The Kier molecular flexibility index (Phi) is 4.57. The third kappa shape index (κ3) is 3.87. The maximum atomic E-state index is 12.3. The number of hydrogen-bond donors (Lipinski definition) is 2. The Balaban J connectivity index is 1.59. The fraction of sp³-hybridized carbons (Fsp3) is 0.333. The summed E-state index contributed by atoms with van der Waals surface area (Å²) in [5, 5.41) is 17.3. The molecule has 0 radical (unpaired) electrons. The monoisotopic (exact) mass is 311 g/mol. The van der Waals surface area contributed by atoms with Crippen molar-refractivity contribution in [1.82, 2.24) is 15.1 Å². The maximum absolute atomic E-state index is 12.3. The summed E-state index contributed by atoms with van der Waals surface area (Å²) < 4.78 is 0. The summed E-state index contributed by atoms with van der Waals surface area (Å²) in [6, 6.07) is 11.7. The van der Waals surface area contributed by atoms with Crippen LogP contribution in [0, 0.1) is 12.8 Å². The number of β-amino-alcohol motifs (C(OH)–C–C–N with tert-alkyl or cyclic N) is 1. The quantitative estimate of drug-likeness (QED) is 0.846.